The lowest BCUT2D eigenvalue weighted by molar-refractivity contribution is 0.617. The Balaban J connectivity index is 2.69. The number of thioether (sulfide) groups is 1. The third-order valence-electron chi connectivity index (χ3n) is 1.74. The fraction of sp³-hybridized carbons (Fsp3) is 0.300. The fourth-order valence-electron chi connectivity index (χ4n) is 1.02. The molecule has 0 bridgehead atoms. The molecule has 1 aromatic rings. The molecule has 1 aromatic carbocycles. The van der Waals surface area contributed by atoms with Gasteiger partial charge in [-0.3, -0.25) is 4.99 Å². The van der Waals surface area contributed by atoms with Crippen LogP contribution in [0.5, 0.6) is 0 Å². The molecule has 2 N–H and O–H groups in total. The number of benzene rings is 1. The van der Waals surface area contributed by atoms with Crippen molar-refractivity contribution in [1.82, 2.24) is 0 Å². The van der Waals surface area contributed by atoms with Crippen LogP contribution in [-0.4, -0.2) is 11.7 Å². The highest BCUT2D eigenvalue weighted by molar-refractivity contribution is 8.13. The summed E-state index contributed by atoms with van der Waals surface area (Å²) in [5.41, 5.74) is 6.05. The third-order valence-corrected chi connectivity index (χ3v) is 2.95. The Kier molecular flexibility index (Phi) is 4.91. The van der Waals surface area contributed by atoms with Gasteiger partial charge in [0.1, 0.15) is 5.82 Å². The predicted octanol–water partition coefficient (Wildman–Crippen LogP) is 3.05. The van der Waals surface area contributed by atoms with E-state index in [-0.39, 0.29) is 5.82 Å². The monoisotopic (exact) mass is 246 g/mol. The van der Waals surface area contributed by atoms with Crippen LogP contribution in [-0.2, 0) is 5.75 Å². The smallest absolute Gasteiger partial charge is 0.154 e. The molecule has 0 aliphatic carbocycles. The van der Waals surface area contributed by atoms with E-state index in [4.69, 9.17) is 17.3 Å². The summed E-state index contributed by atoms with van der Waals surface area (Å²) in [6.07, 6.45) is 0. The Bertz CT molecular complexity index is 348. The van der Waals surface area contributed by atoms with Crippen LogP contribution >= 0.6 is 23.4 Å². The van der Waals surface area contributed by atoms with Crippen molar-refractivity contribution < 1.29 is 4.39 Å². The summed E-state index contributed by atoms with van der Waals surface area (Å²) in [6.45, 7) is 2.52. The number of aliphatic imine (C=N–C) groups is 1. The van der Waals surface area contributed by atoms with Gasteiger partial charge in [-0.1, -0.05) is 29.4 Å². The van der Waals surface area contributed by atoms with Gasteiger partial charge in [0, 0.05) is 22.9 Å². The summed E-state index contributed by atoms with van der Waals surface area (Å²) in [4.78, 5) is 3.99. The van der Waals surface area contributed by atoms with Crippen LogP contribution in [0.4, 0.5) is 4.39 Å². The van der Waals surface area contributed by atoms with Crippen LogP contribution < -0.4 is 5.73 Å². The van der Waals surface area contributed by atoms with Crippen molar-refractivity contribution in [3.63, 3.8) is 0 Å². The highest BCUT2D eigenvalue weighted by Crippen LogP contribution is 2.23. The van der Waals surface area contributed by atoms with Gasteiger partial charge < -0.3 is 5.73 Å². The minimum atomic E-state index is -0.306. The zero-order chi connectivity index (χ0) is 11.3. The Morgan fingerprint density at radius 3 is 2.93 bits per heavy atom. The van der Waals surface area contributed by atoms with E-state index in [9.17, 15) is 4.39 Å². The normalized spacial score (nSPS) is 11.8. The first kappa shape index (κ1) is 12.3. The number of nitrogens with two attached hydrogens (primary N) is 1. The first-order valence-electron chi connectivity index (χ1n) is 4.50. The van der Waals surface area contributed by atoms with E-state index < -0.39 is 0 Å². The Hall–Kier alpha value is -0.740. The molecule has 0 fully saturated rings. The van der Waals surface area contributed by atoms with E-state index >= 15 is 0 Å². The molecule has 2 nitrogen and oxygen atoms in total. The minimum Gasteiger partial charge on any atom is -0.379 e. The van der Waals surface area contributed by atoms with Crippen LogP contribution in [0.15, 0.2) is 23.2 Å². The van der Waals surface area contributed by atoms with Crippen molar-refractivity contribution >= 4 is 28.5 Å². The number of rotatable bonds is 3. The molecule has 0 unspecified atom stereocenters. The van der Waals surface area contributed by atoms with Gasteiger partial charge >= 0.3 is 0 Å². The minimum absolute atomic E-state index is 0.306. The summed E-state index contributed by atoms with van der Waals surface area (Å²) in [6, 6.07) is 4.62. The zero-order valence-electron chi connectivity index (χ0n) is 8.34. The summed E-state index contributed by atoms with van der Waals surface area (Å²) in [5, 5.41) is 0.878. The highest BCUT2D eigenvalue weighted by Gasteiger charge is 2.07. The molecule has 0 amide bonds. The lowest BCUT2D eigenvalue weighted by Crippen LogP contribution is -2.07. The van der Waals surface area contributed by atoms with Crippen LogP contribution in [0.3, 0.4) is 0 Å². The van der Waals surface area contributed by atoms with Gasteiger partial charge in [0.2, 0.25) is 0 Å². The first-order chi connectivity index (χ1) is 7.15. The molecular formula is C10H12ClFN2S. The molecule has 5 heteroatoms. The van der Waals surface area contributed by atoms with E-state index in [0.717, 1.165) is 0 Å². The average molecular weight is 247 g/mol. The molecular weight excluding hydrogens is 235 g/mol. The lowest BCUT2D eigenvalue weighted by Gasteiger charge is -2.04. The van der Waals surface area contributed by atoms with Crippen molar-refractivity contribution in [3.05, 3.63) is 34.6 Å². The standard InChI is InChI=1S/C10H12ClFN2S/c1-2-14-10(13)15-6-7-8(11)4-3-5-9(7)12/h3-5H,2,6H2,1H3,(H2,13,14). The van der Waals surface area contributed by atoms with Crippen molar-refractivity contribution in [1.29, 1.82) is 0 Å². The second-order valence-corrected chi connectivity index (χ2v) is 4.20. The largest absolute Gasteiger partial charge is 0.379 e. The number of hydrogen-bond donors (Lipinski definition) is 1. The van der Waals surface area contributed by atoms with Gasteiger partial charge in [0.05, 0.1) is 0 Å². The van der Waals surface area contributed by atoms with Gasteiger partial charge in [0.15, 0.2) is 5.17 Å². The number of amidine groups is 1. The molecule has 0 heterocycles. The van der Waals surface area contributed by atoms with Crippen molar-refractivity contribution in [3.8, 4) is 0 Å². The van der Waals surface area contributed by atoms with Crippen LogP contribution in [0.1, 0.15) is 12.5 Å². The first-order valence-corrected chi connectivity index (χ1v) is 5.87. The van der Waals surface area contributed by atoms with E-state index in [1.807, 2.05) is 6.92 Å². The Morgan fingerprint density at radius 2 is 2.33 bits per heavy atom. The summed E-state index contributed by atoms with van der Waals surface area (Å²) in [5.74, 6) is 0.0974. The molecule has 1 rings (SSSR count). The lowest BCUT2D eigenvalue weighted by atomic mass is 10.2. The molecule has 0 atom stereocenters. The molecule has 0 aliphatic rings. The molecule has 0 radical (unpaired) electrons. The van der Waals surface area contributed by atoms with Crippen molar-refractivity contribution in [2.24, 2.45) is 10.7 Å². The molecule has 15 heavy (non-hydrogen) atoms. The van der Waals surface area contributed by atoms with E-state index in [2.05, 4.69) is 4.99 Å². The maximum Gasteiger partial charge on any atom is 0.154 e. The number of hydrogen-bond acceptors (Lipinski definition) is 2. The third kappa shape index (κ3) is 3.72. The van der Waals surface area contributed by atoms with Gasteiger partial charge in [0.25, 0.3) is 0 Å². The summed E-state index contributed by atoms with van der Waals surface area (Å²) >= 11 is 7.14. The quantitative estimate of drug-likeness (QED) is 0.658. The SMILES string of the molecule is CCN=C(N)SCc1c(F)cccc1Cl. The topological polar surface area (TPSA) is 38.4 Å². The molecule has 0 aromatic heterocycles. The predicted molar refractivity (Wildman–Crippen MR) is 64.9 cm³/mol. The summed E-state index contributed by atoms with van der Waals surface area (Å²) in [7, 11) is 0. The Morgan fingerprint density at radius 1 is 1.60 bits per heavy atom. The maximum absolute atomic E-state index is 13.3. The molecule has 0 spiro atoms. The van der Waals surface area contributed by atoms with E-state index in [1.165, 1.54) is 17.8 Å². The van der Waals surface area contributed by atoms with E-state index in [0.29, 0.717) is 28.1 Å². The van der Waals surface area contributed by atoms with Gasteiger partial charge in [-0.25, -0.2) is 4.39 Å². The second-order valence-electron chi connectivity index (χ2n) is 2.80. The Labute approximate surface area is 97.7 Å². The van der Waals surface area contributed by atoms with Crippen LogP contribution in [0.25, 0.3) is 0 Å². The molecule has 0 saturated heterocycles. The second kappa shape index (κ2) is 5.98. The summed E-state index contributed by atoms with van der Waals surface area (Å²) < 4.78 is 13.3. The van der Waals surface area contributed by atoms with Crippen molar-refractivity contribution in [2.75, 3.05) is 6.54 Å². The fourth-order valence-corrected chi connectivity index (χ4v) is 2.13. The zero-order valence-corrected chi connectivity index (χ0v) is 9.91. The maximum atomic E-state index is 13.3. The molecule has 0 saturated carbocycles. The van der Waals surface area contributed by atoms with Crippen molar-refractivity contribution in [2.45, 2.75) is 12.7 Å². The average Bonchev–Trinajstić information content (AvgIpc) is 2.17. The van der Waals surface area contributed by atoms with Gasteiger partial charge in [-0.05, 0) is 19.1 Å². The molecule has 0 aliphatic heterocycles. The number of halogens is 2. The highest BCUT2D eigenvalue weighted by atomic mass is 35.5. The number of nitrogens with zero attached hydrogens (tertiary/aromatic N) is 1. The van der Waals surface area contributed by atoms with E-state index in [1.54, 1.807) is 12.1 Å². The van der Waals surface area contributed by atoms with Crippen LogP contribution in [0, 0.1) is 5.82 Å². The van der Waals surface area contributed by atoms with Gasteiger partial charge in [-0.2, -0.15) is 0 Å². The molecule has 82 valence electrons. The van der Waals surface area contributed by atoms with Gasteiger partial charge in [-0.15, -0.1) is 0 Å². The van der Waals surface area contributed by atoms with Crippen LogP contribution in [0.2, 0.25) is 5.02 Å².